The Morgan fingerprint density at radius 2 is 2.06 bits per heavy atom. The lowest BCUT2D eigenvalue weighted by molar-refractivity contribution is 0.283. The number of hydrogen-bond acceptors (Lipinski definition) is 1. The zero-order valence-electron chi connectivity index (χ0n) is 9.75. The van der Waals surface area contributed by atoms with Crippen molar-refractivity contribution in [3.63, 3.8) is 0 Å². The van der Waals surface area contributed by atoms with E-state index in [-0.39, 0.29) is 0 Å². The number of allylic oxidation sites excluding steroid dienone is 1. The molecule has 1 N–H and O–H groups in total. The summed E-state index contributed by atoms with van der Waals surface area (Å²) in [5.74, 6) is 0. The van der Waals surface area contributed by atoms with Gasteiger partial charge in [-0.3, -0.25) is 0 Å². The molecule has 1 aromatic rings. The molecule has 0 saturated heterocycles. The minimum atomic E-state index is 0.314. The van der Waals surface area contributed by atoms with E-state index in [9.17, 15) is 0 Å². The minimum Gasteiger partial charge on any atom is -0.396 e. The lowest BCUT2D eigenvalue weighted by atomic mass is 10.1. The molecule has 0 aliphatic carbocycles. The van der Waals surface area contributed by atoms with E-state index in [1.165, 1.54) is 11.1 Å². The van der Waals surface area contributed by atoms with Gasteiger partial charge in [-0.1, -0.05) is 46.6 Å². The SMILES string of the molecule is Cc1c(Br)cccc1C=CCCCCCO. The van der Waals surface area contributed by atoms with E-state index in [0.29, 0.717) is 6.61 Å². The first-order valence-electron chi connectivity index (χ1n) is 5.78. The maximum absolute atomic E-state index is 8.64. The Bertz CT molecular complexity index is 345. The van der Waals surface area contributed by atoms with Crippen LogP contribution < -0.4 is 0 Å². The number of aliphatic hydroxyl groups excluding tert-OH is 1. The number of benzene rings is 1. The van der Waals surface area contributed by atoms with Crippen LogP contribution in [-0.2, 0) is 0 Å². The molecule has 0 heterocycles. The Labute approximate surface area is 106 Å². The molecule has 0 amide bonds. The van der Waals surface area contributed by atoms with Crippen molar-refractivity contribution in [2.45, 2.75) is 32.6 Å². The van der Waals surface area contributed by atoms with Crippen molar-refractivity contribution in [2.24, 2.45) is 0 Å². The Hall–Kier alpha value is -0.600. The zero-order valence-corrected chi connectivity index (χ0v) is 11.3. The van der Waals surface area contributed by atoms with E-state index in [1.54, 1.807) is 0 Å². The normalized spacial score (nSPS) is 11.2. The predicted molar refractivity (Wildman–Crippen MR) is 73.5 cm³/mol. The summed E-state index contributed by atoms with van der Waals surface area (Å²) in [5, 5.41) is 8.64. The molecule has 88 valence electrons. The second-order valence-electron chi connectivity index (χ2n) is 3.93. The third kappa shape index (κ3) is 4.50. The lowest BCUT2D eigenvalue weighted by Crippen LogP contribution is -1.83. The van der Waals surface area contributed by atoms with E-state index in [1.807, 2.05) is 0 Å². The molecule has 0 aliphatic heterocycles. The van der Waals surface area contributed by atoms with Crippen molar-refractivity contribution >= 4 is 22.0 Å². The molecular weight excluding hydrogens is 264 g/mol. The summed E-state index contributed by atoms with van der Waals surface area (Å²) < 4.78 is 1.16. The van der Waals surface area contributed by atoms with Crippen LogP contribution in [0.5, 0.6) is 0 Å². The van der Waals surface area contributed by atoms with Crippen LogP contribution in [-0.4, -0.2) is 11.7 Å². The van der Waals surface area contributed by atoms with E-state index in [2.05, 4.69) is 53.2 Å². The van der Waals surface area contributed by atoms with Crippen molar-refractivity contribution in [3.05, 3.63) is 39.9 Å². The van der Waals surface area contributed by atoms with Gasteiger partial charge in [-0.25, -0.2) is 0 Å². The molecule has 1 nitrogen and oxygen atoms in total. The summed E-state index contributed by atoms with van der Waals surface area (Å²) >= 11 is 3.53. The first-order valence-corrected chi connectivity index (χ1v) is 6.57. The lowest BCUT2D eigenvalue weighted by Gasteiger charge is -2.02. The molecule has 16 heavy (non-hydrogen) atoms. The predicted octanol–water partition coefficient (Wildman–Crippen LogP) is 4.32. The fourth-order valence-corrected chi connectivity index (χ4v) is 1.95. The highest BCUT2D eigenvalue weighted by Crippen LogP contribution is 2.20. The summed E-state index contributed by atoms with van der Waals surface area (Å²) in [6.45, 7) is 2.43. The molecule has 2 heteroatoms. The van der Waals surface area contributed by atoms with Crippen molar-refractivity contribution < 1.29 is 5.11 Å². The molecule has 0 radical (unpaired) electrons. The average Bonchev–Trinajstić information content (AvgIpc) is 2.29. The minimum absolute atomic E-state index is 0.314. The third-order valence-corrected chi connectivity index (χ3v) is 3.49. The van der Waals surface area contributed by atoms with E-state index in [4.69, 9.17) is 5.11 Å². The monoisotopic (exact) mass is 282 g/mol. The quantitative estimate of drug-likeness (QED) is 0.771. The second-order valence-corrected chi connectivity index (χ2v) is 4.78. The van der Waals surface area contributed by atoms with Crippen LogP contribution in [0.25, 0.3) is 6.08 Å². The van der Waals surface area contributed by atoms with Gasteiger partial charge in [0.15, 0.2) is 0 Å². The Morgan fingerprint density at radius 1 is 1.25 bits per heavy atom. The number of unbranched alkanes of at least 4 members (excludes halogenated alkanes) is 3. The van der Waals surface area contributed by atoms with Gasteiger partial charge in [0.1, 0.15) is 0 Å². The van der Waals surface area contributed by atoms with Gasteiger partial charge in [-0.15, -0.1) is 0 Å². The van der Waals surface area contributed by atoms with E-state index in [0.717, 1.165) is 30.2 Å². The van der Waals surface area contributed by atoms with Crippen LogP contribution in [0.3, 0.4) is 0 Å². The molecule has 0 aliphatic rings. The van der Waals surface area contributed by atoms with Crippen molar-refractivity contribution in [1.82, 2.24) is 0 Å². The standard InChI is InChI=1S/C14H19BrO/c1-12-13(9-7-10-14(12)15)8-5-3-2-4-6-11-16/h5,7-10,16H,2-4,6,11H2,1H3. The largest absolute Gasteiger partial charge is 0.396 e. The summed E-state index contributed by atoms with van der Waals surface area (Å²) in [7, 11) is 0. The molecular formula is C14H19BrO. The van der Waals surface area contributed by atoms with Gasteiger partial charge >= 0.3 is 0 Å². The van der Waals surface area contributed by atoms with Crippen molar-refractivity contribution in [2.75, 3.05) is 6.61 Å². The van der Waals surface area contributed by atoms with Crippen molar-refractivity contribution in [3.8, 4) is 0 Å². The Kier molecular flexibility index (Phi) is 6.43. The van der Waals surface area contributed by atoms with E-state index >= 15 is 0 Å². The highest BCUT2D eigenvalue weighted by Gasteiger charge is 1.97. The molecule has 0 bridgehead atoms. The molecule has 0 spiro atoms. The van der Waals surface area contributed by atoms with Crippen LogP contribution in [0.1, 0.15) is 36.8 Å². The van der Waals surface area contributed by atoms with Crippen LogP contribution in [0.15, 0.2) is 28.7 Å². The molecule has 0 saturated carbocycles. The van der Waals surface area contributed by atoms with Crippen molar-refractivity contribution in [1.29, 1.82) is 0 Å². The van der Waals surface area contributed by atoms with E-state index < -0.39 is 0 Å². The number of aliphatic hydroxyl groups is 1. The van der Waals surface area contributed by atoms with Gasteiger partial charge in [-0.05, 0) is 43.4 Å². The summed E-state index contributed by atoms with van der Waals surface area (Å²) in [6.07, 6.45) is 8.67. The molecule has 0 atom stereocenters. The van der Waals surface area contributed by atoms with Gasteiger partial charge in [0.25, 0.3) is 0 Å². The fraction of sp³-hybridized carbons (Fsp3) is 0.429. The first kappa shape index (κ1) is 13.5. The highest BCUT2D eigenvalue weighted by atomic mass is 79.9. The smallest absolute Gasteiger partial charge is 0.0431 e. The van der Waals surface area contributed by atoms with Gasteiger partial charge in [0, 0.05) is 11.1 Å². The van der Waals surface area contributed by atoms with Crippen LogP contribution in [0.2, 0.25) is 0 Å². The van der Waals surface area contributed by atoms with Gasteiger partial charge in [0.05, 0.1) is 0 Å². The zero-order chi connectivity index (χ0) is 11.8. The third-order valence-electron chi connectivity index (χ3n) is 2.64. The Balaban J connectivity index is 2.41. The molecule has 1 rings (SSSR count). The topological polar surface area (TPSA) is 20.2 Å². The fourth-order valence-electron chi connectivity index (χ4n) is 1.57. The van der Waals surface area contributed by atoms with Gasteiger partial charge in [-0.2, -0.15) is 0 Å². The molecule has 0 unspecified atom stereocenters. The maximum Gasteiger partial charge on any atom is 0.0431 e. The number of hydrogen-bond donors (Lipinski definition) is 1. The Morgan fingerprint density at radius 3 is 2.81 bits per heavy atom. The van der Waals surface area contributed by atoms with Crippen LogP contribution in [0.4, 0.5) is 0 Å². The molecule has 0 fully saturated rings. The van der Waals surface area contributed by atoms with Crippen LogP contribution in [0, 0.1) is 6.92 Å². The second kappa shape index (κ2) is 7.64. The number of rotatable bonds is 6. The first-order chi connectivity index (χ1) is 7.75. The molecule has 1 aromatic carbocycles. The average molecular weight is 283 g/mol. The maximum atomic E-state index is 8.64. The van der Waals surface area contributed by atoms with Gasteiger partial charge < -0.3 is 5.11 Å². The van der Waals surface area contributed by atoms with Gasteiger partial charge in [0.2, 0.25) is 0 Å². The summed E-state index contributed by atoms with van der Waals surface area (Å²) in [5.41, 5.74) is 2.56. The molecule has 0 aromatic heterocycles. The number of halogens is 1. The van der Waals surface area contributed by atoms with Crippen LogP contribution >= 0.6 is 15.9 Å². The summed E-state index contributed by atoms with van der Waals surface area (Å²) in [6, 6.07) is 6.25. The highest BCUT2D eigenvalue weighted by molar-refractivity contribution is 9.10. The summed E-state index contributed by atoms with van der Waals surface area (Å²) in [4.78, 5) is 0.